The van der Waals surface area contributed by atoms with Crippen LogP contribution in [0.15, 0.2) is 53.6 Å². The van der Waals surface area contributed by atoms with Crippen LogP contribution in [0.3, 0.4) is 0 Å². The van der Waals surface area contributed by atoms with Crippen LogP contribution < -0.4 is 4.74 Å². The van der Waals surface area contributed by atoms with Gasteiger partial charge in [-0.1, -0.05) is 30.3 Å². The van der Waals surface area contributed by atoms with Crippen LogP contribution in [0.5, 0.6) is 5.75 Å². The molecule has 2 heterocycles. The van der Waals surface area contributed by atoms with Crippen molar-refractivity contribution in [2.24, 2.45) is 11.0 Å². The fraction of sp³-hybridized carbons (Fsp3) is 0.263. The van der Waals surface area contributed by atoms with E-state index in [4.69, 9.17) is 4.74 Å². The third-order valence-corrected chi connectivity index (χ3v) is 4.57. The lowest BCUT2D eigenvalue weighted by Crippen LogP contribution is -2.39. The first-order valence-corrected chi connectivity index (χ1v) is 8.13. The average Bonchev–Trinajstić information content (AvgIpc) is 3.01. The normalized spacial score (nSPS) is 21.1. The Balaban J connectivity index is 1.83. The number of ether oxygens (including phenoxy) is 1. The molecule has 0 bridgehead atoms. The topological polar surface area (TPSA) is 45.1 Å². The third-order valence-electron chi connectivity index (χ3n) is 4.57. The van der Waals surface area contributed by atoms with E-state index in [9.17, 15) is 9.18 Å². The number of carbonyl (C=O) groups is 1. The molecule has 0 saturated carbocycles. The second-order valence-corrected chi connectivity index (χ2v) is 6.42. The zero-order valence-corrected chi connectivity index (χ0v) is 14.0. The molecule has 2 amide bonds. The quantitative estimate of drug-likeness (QED) is 0.800. The van der Waals surface area contributed by atoms with E-state index in [1.54, 1.807) is 20.2 Å². The van der Waals surface area contributed by atoms with Gasteiger partial charge in [-0.3, -0.25) is 0 Å². The summed E-state index contributed by atoms with van der Waals surface area (Å²) in [5, 5.41) is 6.07. The maximum Gasteiger partial charge on any atom is 0.340 e. The van der Waals surface area contributed by atoms with Gasteiger partial charge in [-0.15, -0.1) is 0 Å². The Kier molecular flexibility index (Phi) is 3.67. The highest BCUT2D eigenvalue weighted by Crippen LogP contribution is 2.42. The van der Waals surface area contributed by atoms with Crippen LogP contribution in [-0.2, 0) is 0 Å². The Morgan fingerprint density at radius 2 is 2.00 bits per heavy atom. The number of fused-ring (bicyclic) bond motifs is 3. The van der Waals surface area contributed by atoms with E-state index in [1.807, 2.05) is 30.3 Å². The SMILES string of the molecule is CN(C)C(=O)N1N=C2c3cc(F)ccc3OC[C@H]2[C@H]1c1ccccc1. The summed E-state index contributed by atoms with van der Waals surface area (Å²) in [6, 6.07) is 13.7. The fourth-order valence-electron chi connectivity index (χ4n) is 3.39. The van der Waals surface area contributed by atoms with Crippen LogP contribution in [0.1, 0.15) is 17.2 Å². The fourth-order valence-corrected chi connectivity index (χ4v) is 3.39. The van der Waals surface area contributed by atoms with Crippen LogP contribution in [0.25, 0.3) is 0 Å². The van der Waals surface area contributed by atoms with Gasteiger partial charge < -0.3 is 9.64 Å². The van der Waals surface area contributed by atoms with E-state index in [0.717, 1.165) is 5.56 Å². The number of amides is 2. The predicted molar refractivity (Wildman–Crippen MR) is 92.0 cm³/mol. The largest absolute Gasteiger partial charge is 0.492 e. The maximum absolute atomic E-state index is 13.8. The van der Waals surface area contributed by atoms with Gasteiger partial charge in [0.05, 0.1) is 24.3 Å². The molecule has 4 rings (SSSR count). The molecule has 0 aromatic heterocycles. The molecule has 2 atom stereocenters. The number of urea groups is 1. The number of rotatable bonds is 1. The summed E-state index contributed by atoms with van der Waals surface area (Å²) in [4.78, 5) is 14.2. The van der Waals surface area contributed by atoms with Gasteiger partial charge >= 0.3 is 6.03 Å². The molecule has 0 unspecified atom stereocenters. The summed E-state index contributed by atoms with van der Waals surface area (Å²) in [5.41, 5.74) is 2.29. The Hall–Kier alpha value is -2.89. The number of hydrazone groups is 1. The lowest BCUT2D eigenvalue weighted by molar-refractivity contribution is 0.140. The van der Waals surface area contributed by atoms with E-state index in [-0.39, 0.29) is 23.8 Å². The monoisotopic (exact) mass is 339 g/mol. The van der Waals surface area contributed by atoms with Crippen molar-refractivity contribution in [2.45, 2.75) is 6.04 Å². The standard InChI is InChI=1S/C19H18FN3O2/c1-22(2)19(24)23-18(12-6-4-3-5-7-12)15-11-25-16-9-8-13(20)10-14(16)17(15)21-23/h3-10,15,18H,11H2,1-2H3/t15-,18-/m1/s1. The van der Waals surface area contributed by atoms with Gasteiger partial charge in [-0.05, 0) is 23.8 Å². The molecule has 128 valence electrons. The minimum atomic E-state index is -0.348. The summed E-state index contributed by atoms with van der Waals surface area (Å²) < 4.78 is 19.6. The van der Waals surface area contributed by atoms with Crippen molar-refractivity contribution < 1.29 is 13.9 Å². The molecule has 5 nitrogen and oxygen atoms in total. The summed E-state index contributed by atoms with van der Waals surface area (Å²) in [5.74, 6) is 0.113. The molecule has 2 aromatic rings. The lowest BCUT2D eigenvalue weighted by Gasteiger charge is -2.30. The molecule has 0 aliphatic carbocycles. The maximum atomic E-state index is 13.8. The summed E-state index contributed by atoms with van der Waals surface area (Å²) in [6.07, 6.45) is 0. The molecular formula is C19H18FN3O2. The van der Waals surface area contributed by atoms with Crippen LogP contribution in [-0.4, -0.2) is 42.4 Å². The van der Waals surface area contributed by atoms with E-state index in [0.29, 0.717) is 23.6 Å². The molecule has 0 saturated heterocycles. The van der Waals surface area contributed by atoms with Crippen molar-refractivity contribution >= 4 is 11.7 Å². The Labute approximate surface area is 145 Å². The van der Waals surface area contributed by atoms with Crippen LogP contribution >= 0.6 is 0 Å². The molecule has 2 aliphatic rings. The Morgan fingerprint density at radius 1 is 1.24 bits per heavy atom. The molecule has 0 spiro atoms. The van der Waals surface area contributed by atoms with Crippen LogP contribution in [0.4, 0.5) is 9.18 Å². The van der Waals surface area contributed by atoms with Gasteiger partial charge in [0.2, 0.25) is 0 Å². The second kappa shape index (κ2) is 5.88. The van der Waals surface area contributed by atoms with Gasteiger partial charge in [0.25, 0.3) is 0 Å². The van der Waals surface area contributed by atoms with E-state index in [1.165, 1.54) is 22.0 Å². The van der Waals surface area contributed by atoms with Gasteiger partial charge in [-0.2, -0.15) is 5.10 Å². The molecule has 6 heteroatoms. The first kappa shape index (κ1) is 15.6. The van der Waals surface area contributed by atoms with E-state index >= 15 is 0 Å². The van der Waals surface area contributed by atoms with Crippen molar-refractivity contribution in [1.82, 2.24) is 9.91 Å². The number of halogens is 1. The molecule has 0 radical (unpaired) electrons. The van der Waals surface area contributed by atoms with Gasteiger partial charge in [0.15, 0.2) is 0 Å². The van der Waals surface area contributed by atoms with Crippen molar-refractivity contribution in [3.05, 3.63) is 65.5 Å². The minimum absolute atomic E-state index is 0.138. The van der Waals surface area contributed by atoms with Crippen molar-refractivity contribution in [1.29, 1.82) is 0 Å². The van der Waals surface area contributed by atoms with Gasteiger partial charge in [-0.25, -0.2) is 14.2 Å². The van der Waals surface area contributed by atoms with Gasteiger partial charge in [0, 0.05) is 19.7 Å². The number of carbonyl (C=O) groups excluding carboxylic acids is 1. The highest BCUT2D eigenvalue weighted by molar-refractivity contribution is 6.07. The highest BCUT2D eigenvalue weighted by atomic mass is 19.1. The highest BCUT2D eigenvalue weighted by Gasteiger charge is 2.45. The molecule has 2 aliphatic heterocycles. The second-order valence-electron chi connectivity index (χ2n) is 6.42. The van der Waals surface area contributed by atoms with Crippen molar-refractivity contribution in [3.8, 4) is 5.75 Å². The zero-order chi connectivity index (χ0) is 17.6. The van der Waals surface area contributed by atoms with Crippen molar-refractivity contribution in [2.75, 3.05) is 20.7 Å². The van der Waals surface area contributed by atoms with Crippen LogP contribution in [0, 0.1) is 11.7 Å². The first-order valence-electron chi connectivity index (χ1n) is 8.13. The number of hydrogen-bond donors (Lipinski definition) is 0. The predicted octanol–water partition coefficient (Wildman–Crippen LogP) is 3.28. The number of nitrogens with zero attached hydrogens (tertiary/aromatic N) is 3. The Morgan fingerprint density at radius 3 is 2.72 bits per heavy atom. The smallest absolute Gasteiger partial charge is 0.340 e. The van der Waals surface area contributed by atoms with Crippen LogP contribution in [0.2, 0.25) is 0 Å². The van der Waals surface area contributed by atoms with E-state index in [2.05, 4.69) is 5.10 Å². The summed E-state index contributed by atoms with van der Waals surface area (Å²) >= 11 is 0. The van der Waals surface area contributed by atoms with E-state index < -0.39 is 0 Å². The summed E-state index contributed by atoms with van der Waals surface area (Å²) in [6.45, 7) is 0.397. The number of hydrogen-bond acceptors (Lipinski definition) is 3. The minimum Gasteiger partial charge on any atom is -0.492 e. The first-order chi connectivity index (χ1) is 12.1. The summed E-state index contributed by atoms with van der Waals surface area (Å²) in [7, 11) is 3.38. The number of benzene rings is 2. The van der Waals surface area contributed by atoms with Crippen molar-refractivity contribution in [3.63, 3.8) is 0 Å². The molecular weight excluding hydrogens is 321 g/mol. The molecule has 0 fully saturated rings. The Bertz CT molecular complexity index is 851. The third kappa shape index (κ3) is 2.54. The zero-order valence-electron chi connectivity index (χ0n) is 14.0. The molecule has 25 heavy (non-hydrogen) atoms. The molecule has 0 N–H and O–H groups in total. The molecule has 2 aromatic carbocycles. The average molecular weight is 339 g/mol. The lowest BCUT2D eigenvalue weighted by atomic mass is 9.86. The van der Waals surface area contributed by atoms with Gasteiger partial charge in [0.1, 0.15) is 11.6 Å².